The Labute approximate surface area is 67.1 Å². The first-order chi connectivity index (χ1) is 4.77. The first-order valence-corrected chi connectivity index (χ1v) is 4.38. The summed E-state index contributed by atoms with van der Waals surface area (Å²) in [5, 5.41) is 9.74. The lowest BCUT2D eigenvalue weighted by molar-refractivity contribution is -0.284. The molecule has 0 unspecified atom stereocenters. The van der Waals surface area contributed by atoms with Crippen LogP contribution in [0.15, 0.2) is 0 Å². The molecule has 0 aliphatic heterocycles. The molecule has 0 aromatic heterocycles. The van der Waals surface area contributed by atoms with E-state index in [9.17, 15) is 10.1 Å². The van der Waals surface area contributed by atoms with E-state index in [0.717, 1.165) is 18.5 Å². The lowest BCUT2D eigenvalue weighted by Gasteiger charge is -1.92. The second kappa shape index (κ2) is 7.13. The van der Waals surface area contributed by atoms with Crippen LogP contribution in [0.4, 0.5) is 0 Å². The number of nitrogens with zero attached hydrogens (tertiary/aromatic N) is 1. The zero-order valence-electron chi connectivity index (χ0n) is 5.19. The normalized spacial score (nSPS) is 9.70. The van der Waals surface area contributed by atoms with Gasteiger partial charge in [0.1, 0.15) is 4.33 Å². The summed E-state index contributed by atoms with van der Waals surface area (Å²) in [6.45, 7) is 0. The van der Waals surface area contributed by atoms with Crippen molar-refractivity contribution < 1.29 is 8.61 Å². The van der Waals surface area contributed by atoms with E-state index in [-0.39, 0.29) is 0 Å². The SMILES string of the molecule is NOSCCCS[N+](=O)[O-]. The highest BCUT2D eigenvalue weighted by Gasteiger charge is 1.99. The maximum atomic E-state index is 9.74. The largest absolute Gasteiger partial charge is 0.251 e. The van der Waals surface area contributed by atoms with Gasteiger partial charge in [-0.25, -0.2) is 10.2 Å². The van der Waals surface area contributed by atoms with Gasteiger partial charge in [-0.15, -0.1) is 0 Å². The van der Waals surface area contributed by atoms with Gasteiger partial charge in [0.05, 0.1) is 5.75 Å². The van der Waals surface area contributed by atoms with Crippen LogP contribution in [0.25, 0.3) is 0 Å². The molecule has 0 amide bonds. The number of hydrogen-bond donors (Lipinski definition) is 1. The number of hydrogen-bond acceptors (Lipinski definition) is 6. The summed E-state index contributed by atoms with van der Waals surface area (Å²) in [5.41, 5.74) is 0. The maximum absolute atomic E-state index is 9.74. The van der Waals surface area contributed by atoms with Crippen LogP contribution in [0.2, 0.25) is 0 Å². The summed E-state index contributed by atoms with van der Waals surface area (Å²) in [7, 11) is 0. The Kier molecular flexibility index (Phi) is 7.15. The minimum Gasteiger partial charge on any atom is -0.251 e. The van der Waals surface area contributed by atoms with Gasteiger partial charge in [-0.05, 0) is 6.42 Å². The fourth-order valence-corrected chi connectivity index (χ4v) is 1.27. The van der Waals surface area contributed by atoms with E-state index in [1.165, 1.54) is 0 Å². The molecule has 0 bridgehead atoms. The van der Waals surface area contributed by atoms with Crippen LogP contribution in [0, 0.1) is 10.1 Å². The first kappa shape index (κ1) is 10.0. The predicted molar refractivity (Wildman–Crippen MR) is 41.8 cm³/mol. The molecular weight excluding hydrogens is 176 g/mol. The van der Waals surface area contributed by atoms with E-state index in [1.807, 2.05) is 0 Å². The quantitative estimate of drug-likeness (QED) is 0.217. The monoisotopic (exact) mass is 184 g/mol. The van der Waals surface area contributed by atoms with Gasteiger partial charge in [0.15, 0.2) is 0 Å². The molecule has 10 heavy (non-hydrogen) atoms. The summed E-state index contributed by atoms with van der Waals surface area (Å²) >= 11 is 1.80. The Bertz CT molecular complexity index is 102. The van der Waals surface area contributed by atoms with Gasteiger partial charge >= 0.3 is 0 Å². The van der Waals surface area contributed by atoms with Gasteiger partial charge in [0.2, 0.25) is 11.9 Å². The molecular formula is C3H8N2O3S2. The molecule has 7 heteroatoms. The molecule has 0 aromatic carbocycles. The highest BCUT2D eigenvalue weighted by molar-refractivity contribution is 7.95. The average Bonchev–Trinajstić information content (AvgIpc) is 1.87. The van der Waals surface area contributed by atoms with Crippen LogP contribution in [-0.4, -0.2) is 15.8 Å². The van der Waals surface area contributed by atoms with Crippen LogP contribution in [0.1, 0.15) is 6.42 Å². The summed E-state index contributed by atoms with van der Waals surface area (Å²) < 4.78 is 3.78. The highest BCUT2D eigenvalue weighted by atomic mass is 32.2. The summed E-state index contributed by atoms with van der Waals surface area (Å²) in [6.07, 6.45) is 0.730. The molecule has 0 atom stereocenters. The summed E-state index contributed by atoms with van der Waals surface area (Å²) in [4.78, 5) is 9.74. The second-order valence-corrected chi connectivity index (χ2v) is 3.13. The molecule has 0 radical (unpaired) electrons. The number of nitro groups is 1. The van der Waals surface area contributed by atoms with Crippen molar-refractivity contribution in [2.75, 3.05) is 11.5 Å². The molecule has 0 rings (SSSR count). The minimum atomic E-state index is -0.409. The van der Waals surface area contributed by atoms with Crippen molar-refractivity contribution >= 4 is 24.0 Å². The van der Waals surface area contributed by atoms with E-state index in [2.05, 4.69) is 4.28 Å². The van der Waals surface area contributed by atoms with Crippen LogP contribution in [0.3, 0.4) is 0 Å². The van der Waals surface area contributed by atoms with Crippen LogP contribution in [0.5, 0.6) is 0 Å². The standard InChI is InChI=1S/C3H8N2O3S2/c4-8-10-3-1-2-9-5(6)7/h1-4H2. The zero-order valence-corrected chi connectivity index (χ0v) is 6.82. The van der Waals surface area contributed by atoms with Gasteiger partial charge < -0.3 is 0 Å². The van der Waals surface area contributed by atoms with Gasteiger partial charge in [0.25, 0.3) is 0 Å². The van der Waals surface area contributed by atoms with Crippen molar-refractivity contribution in [1.82, 2.24) is 0 Å². The van der Waals surface area contributed by atoms with Crippen LogP contribution >= 0.6 is 24.0 Å². The molecule has 2 N–H and O–H groups in total. The Morgan fingerprint density at radius 3 is 2.80 bits per heavy atom. The molecule has 0 heterocycles. The molecule has 0 fully saturated rings. The fraction of sp³-hybridized carbons (Fsp3) is 1.00. The fourth-order valence-electron chi connectivity index (χ4n) is 0.305. The third kappa shape index (κ3) is 8.02. The Hall–Kier alpha value is 0.0200. The molecule has 60 valence electrons. The van der Waals surface area contributed by atoms with Crippen molar-refractivity contribution in [3.63, 3.8) is 0 Å². The van der Waals surface area contributed by atoms with Gasteiger partial charge in [-0.1, -0.05) is 0 Å². The molecule has 0 aliphatic carbocycles. The Balaban J connectivity index is 2.84. The van der Waals surface area contributed by atoms with Gasteiger partial charge in [-0.3, -0.25) is 10.1 Å². The predicted octanol–water partition coefficient (Wildman–Crippen LogP) is 0.840. The van der Waals surface area contributed by atoms with E-state index >= 15 is 0 Å². The molecule has 0 aromatic rings. The van der Waals surface area contributed by atoms with Crippen molar-refractivity contribution in [1.29, 1.82) is 0 Å². The van der Waals surface area contributed by atoms with E-state index < -0.39 is 4.33 Å². The molecule has 0 spiro atoms. The Morgan fingerprint density at radius 1 is 1.60 bits per heavy atom. The van der Waals surface area contributed by atoms with Crippen molar-refractivity contribution in [3.05, 3.63) is 10.1 Å². The first-order valence-electron chi connectivity index (χ1n) is 2.53. The third-order valence-electron chi connectivity index (χ3n) is 0.637. The van der Waals surface area contributed by atoms with E-state index in [4.69, 9.17) is 5.90 Å². The lowest BCUT2D eigenvalue weighted by Crippen LogP contribution is -1.93. The highest BCUT2D eigenvalue weighted by Crippen LogP contribution is 2.06. The van der Waals surface area contributed by atoms with Gasteiger partial charge in [0, 0.05) is 17.8 Å². The minimum absolute atomic E-state index is 0.409. The molecule has 0 aliphatic rings. The van der Waals surface area contributed by atoms with Crippen LogP contribution < -0.4 is 5.90 Å². The number of rotatable bonds is 6. The summed E-state index contributed by atoms with van der Waals surface area (Å²) in [5.74, 6) is 5.89. The van der Waals surface area contributed by atoms with Gasteiger partial charge in [-0.2, -0.15) is 0 Å². The third-order valence-corrected chi connectivity index (χ3v) is 1.91. The van der Waals surface area contributed by atoms with Crippen molar-refractivity contribution in [2.45, 2.75) is 6.42 Å². The Morgan fingerprint density at radius 2 is 2.30 bits per heavy atom. The smallest absolute Gasteiger partial charge is 0.228 e. The zero-order chi connectivity index (χ0) is 7.82. The van der Waals surface area contributed by atoms with Crippen LogP contribution in [-0.2, 0) is 4.28 Å². The maximum Gasteiger partial charge on any atom is 0.228 e. The van der Waals surface area contributed by atoms with Crippen molar-refractivity contribution in [3.8, 4) is 0 Å². The number of nitrogens with two attached hydrogens (primary N) is 1. The average molecular weight is 184 g/mol. The topological polar surface area (TPSA) is 78.4 Å². The lowest BCUT2D eigenvalue weighted by atomic mass is 10.6. The van der Waals surface area contributed by atoms with E-state index in [0.29, 0.717) is 23.5 Å². The molecule has 0 saturated heterocycles. The molecule has 5 nitrogen and oxygen atoms in total. The second-order valence-electron chi connectivity index (χ2n) is 1.33. The summed E-state index contributed by atoms with van der Waals surface area (Å²) in [6, 6.07) is 0. The van der Waals surface area contributed by atoms with Crippen molar-refractivity contribution in [2.24, 2.45) is 5.90 Å². The molecule has 0 saturated carbocycles. The van der Waals surface area contributed by atoms with E-state index in [1.54, 1.807) is 0 Å².